The largest absolute Gasteiger partial charge is 0.487 e. The fourth-order valence-electron chi connectivity index (χ4n) is 2.34. The first-order valence-electron chi connectivity index (χ1n) is 7.54. The number of rotatable bonds is 5. The molecule has 0 saturated heterocycles. The molecule has 3 aromatic rings. The lowest BCUT2D eigenvalue weighted by Crippen LogP contribution is -2.21. The molecule has 6 heteroatoms. The van der Waals surface area contributed by atoms with Crippen LogP contribution in [0.4, 0.5) is 0 Å². The summed E-state index contributed by atoms with van der Waals surface area (Å²) in [6.45, 7) is 0.748. The second-order valence-electron chi connectivity index (χ2n) is 5.44. The van der Waals surface area contributed by atoms with Crippen molar-refractivity contribution in [2.75, 3.05) is 0 Å². The zero-order valence-electron chi connectivity index (χ0n) is 13.1. The Bertz CT molecular complexity index is 942. The molecule has 3 rings (SSSR count). The standard InChI is InChI=1S/C19H14BrCl2NO2/c20-18-17(25-12-14-6-7-15(21)10-16(14)22)8-9-23(19(18)24)11-13-4-2-1-3-5-13/h1-10H,11-12H2. The van der Waals surface area contributed by atoms with Crippen LogP contribution in [0.3, 0.4) is 0 Å². The van der Waals surface area contributed by atoms with Crippen molar-refractivity contribution in [3.63, 3.8) is 0 Å². The van der Waals surface area contributed by atoms with Gasteiger partial charge in [0.15, 0.2) is 0 Å². The maximum absolute atomic E-state index is 12.5. The van der Waals surface area contributed by atoms with Crippen LogP contribution in [0, 0.1) is 0 Å². The van der Waals surface area contributed by atoms with Gasteiger partial charge in [-0.05, 0) is 39.7 Å². The van der Waals surface area contributed by atoms with Gasteiger partial charge in [0, 0.05) is 21.8 Å². The first-order chi connectivity index (χ1) is 12.0. The minimum atomic E-state index is -0.149. The summed E-state index contributed by atoms with van der Waals surface area (Å²) in [5.41, 5.74) is 1.70. The van der Waals surface area contributed by atoms with E-state index in [4.69, 9.17) is 27.9 Å². The fourth-order valence-corrected chi connectivity index (χ4v) is 3.28. The summed E-state index contributed by atoms with van der Waals surface area (Å²) in [5, 5.41) is 1.10. The molecule has 0 radical (unpaired) electrons. The van der Waals surface area contributed by atoms with Crippen molar-refractivity contribution in [1.29, 1.82) is 0 Å². The molecule has 128 valence electrons. The summed E-state index contributed by atoms with van der Waals surface area (Å²) in [4.78, 5) is 12.5. The van der Waals surface area contributed by atoms with E-state index in [1.807, 2.05) is 30.3 Å². The van der Waals surface area contributed by atoms with Gasteiger partial charge in [0.25, 0.3) is 5.56 Å². The summed E-state index contributed by atoms with van der Waals surface area (Å²) < 4.78 is 7.75. The molecule has 0 atom stereocenters. The number of halogens is 3. The van der Waals surface area contributed by atoms with Gasteiger partial charge < -0.3 is 9.30 Å². The summed E-state index contributed by atoms with van der Waals surface area (Å²) in [6, 6.07) is 16.8. The lowest BCUT2D eigenvalue weighted by atomic mass is 10.2. The van der Waals surface area contributed by atoms with Crippen molar-refractivity contribution in [2.24, 2.45) is 0 Å². The minimum absolute atomic E-state index is 0.149. The number of hydrogen-bond acceptors (Lipinski definition) is 2. The van der Waals surface area contributed by atoms with E-state index in [9.17, 15) is 4.79 Å². The van der Waals surface area contributed by atoms with Gasteiger partial charge in [0.2, 0.25) is 0 Å². The molecule has 0 fully saturated rings. The summed E-state index contributed by atoms with van der Waals surface area (Å²) in [5.74, 6) is 0.473. The lowest BCUT2D eigenvalue weighted by Gasteiger charge is -2.12. The van der Waals surface area contributed by atoms with E-state index in [0.717, 1.165) is 11.1 Å². The SMILES string of the molecule is O=c1c(Br)c(OCc2ccc(Cl)cc2Cl)ccn1Cc1ccccc1. The molecule has 0 saturated carbocycles. The average molecular weight is 439 g/mol. The number of pyridine rings is 1. The number of nitrogens with zero attached hydrogens (tertiary/aromatic N) is 1. The van der Waals surface area contributed by atoms with Gasteiger partial charge in [-0.3, -0.25) is 4.79 Å². The Hall–Kier alpha value is -1.75. The third-order valence-electron chi connectivity index (χ3n) is 3.66. The molecule has 0 aliphatic carbocycles. The van der Waals surface area contributed by atoms with E-state index in [2.05, 4.69) is 15.9 Å². The van der Waals surface area contributed by atoms with Gasteiger partial charge in [-0.25, -0.2) is 0 Å². The molecule has 0 N–H and O–H groups in total. The van der Waals surface area contributed by atoms with Crippen molar-refractivity contribution in [2.45, 2.75) is 13.2 Å². The molecule has 3 nitrogen and oxygen atoms in total. The highest BCUT2D eigenvalue weighted by Gasteiger charge is 2.10. The maximum Gasteiger partial charge on any atom is 0.268 e. The Morgan fingerprint density at radius 1 is 1.04 bits per heavy atom. The predicted octanol–water partition coefficient (Wildman–Crippen LogP) is 5.54. The normalized spacial score (nSPS) is 10.7. The van der Waals surface area contributed by atoms with Gasteiger partial charge in [-0.2, -0.15) is 0 Å². The van der Waals surface area contributed by atoms with Gasteiger partial charge >= 0.3 is 0 Å². The van der Waals surface area contributed by atoms with Crippen LogP contribution >= 0.6 is 39.1 Å². The maximum atomic E-state index is 12.5. The first kappa shape index (κ1) is 18.1. The van der Waals surface area contributed by atoms with E-state index in [1.165, 1.54) is 0 Å². The predicted molar refractivity (Wildman–Crippen MR) is 105 cm³/mol. The zero-order valence-corrected chi connectivity index (χ0v) is 16.2. The molecule has 1 heterocycles. The molecule has 25 heavy (non-hydrogen) atoms. The van der Waals surface area contributed by atoms with Crippen molar-refractivity contribution in [3.8, 4) is 5.75 Å². The van der Waals surface area contributed by atoms with Crippen LogP contribution < -0.4 is 10.3 Å². The highest BCUT2D eigenvalue weighted by atomic mass is 79.9. The summed E-state index contributed by atoms with van der Waals surface area (Å²) >= 11 is 15.4. The second kappa shape index (κ2) is 8.09. The molecule has 1 aromatic heterocycles. The second-order valence-corrected chi connectivity index (χ2v) is 7.07. The van der Waals surface area contributed by atoms with Crippen LogP contribution in [0.25, 0.3) is 0 Å². The van der Waals surface area contributed by atoms with Crippen LogP contribution in [0.2, 0.25) is 10.0 Å². The Labute approximate surface area is 163 Å². The van der Waals surface area contributed by atoms with Crippen molar-refractivity contribution in [1.82, 2.24) is 4.57 Å². The Balaban J connectivity index is 1.77. The van der Waals surface area contributed by atoms with Gasteiger partial charge in [-0.15, -0.1) is 0 Å². The topological polar surface area (TPSA) is 31.2 Å². The monoisotopic (exact) mass is 437 g/mol. The lowest BCUT2D eigenvalue weighted by molar-refractivity contribution is 0.303. The van der Waals surface area contributed by atoms with Crippen LogP contribution in [0.15, 0.2) is 70.1 Å². The molecular weight excluding hydrogens is 425 g/mol. The first-order valence-corrected chi connectivity index (χ1v) is 9.09. The Morgan fingerprint density at radius 3 is 2.52 bits per heavy atom. The fraction of sp³-hybridized carbons (Fsp3) is 0.105. The summed E-state index contributed by atoms with van der Waals surface area (Å²) in [7, 11) is 0. The Morgan fingerprint density at radius 2 is 1.80 bits per heavy atom. The molecular formula is C19H14BrCl2NO2. The van der Waals surface area contributed by atoms with Crippen molar-refractivity contribution in [3.05, 3.63) is 96.8 Å². The molecule has 0 aliphatic rings. The van der Waals surface area contributed by atoms with Gasteiger partial charge in [0.1, 0.15) is 16.8 Å². The minimum Gasteiger partial charge on any atom is -0.487 e. The number of benzene rings is 2. The molecule has 0 spiro atoms. The smallest absolute Gasteiger partial charge is 0.268 e. The average Bonchev–Trinajstić information content (AvgIpc) is 2.61. The highest BCUT2D eigenvalue weighted by Crippen LogP contribution is 2.25. The molecule has 2 aromatic carbocycles. The van der Waals surface area contributed by atoms with E-state index >= 15 is 0 Å². The van der Waals surface area contributed by atoms with Gasteiger partial charge in [0.05, 0.1) is 6.54 Å². The van der Waals surface area contributed by atoms with E-state index in [1.54, 1.807) is 35.0 Å². The number of hydrogen-bond donors (Lipinski definition) is 0. The van der Waals surface area contributed by atoms with E-state index < -0.39 is 0 Å². The van der Waals surface area contributed by atoms with Crippen molar-refractivity contribution >= 4 is 39.1 Å². The molecule has 0 bridgehead atoms. The molecule has 0 aliphatic heterocycles. The zero-order chi connectivity index (χ0) is 17.8. The third kappa shape index (κ3) is 4.46. The van der Waals surface area contributed by atoms with Gasteiger partial charge in [-0.1, -0.05) is 59.6 Å². The molecule has 0 amide bonds. The van der Waals surface area contributed by atoms with Crippen LogP contribution in [0.5, 0.6) is 5.75 Å². The number of ether oxygens (including phenoxy) is 1. The molecule has 0 unspecified atom stereocenters. The van der Waals surface area contributed by atoms with Crippen LogP contribution in [-0.4, -0.2) is 4.57 Å². The summed E-state index contributed by atoms with van der Waals surface area (Å²) in [6.07, 6.45) is 1.72. The third-order valence-corrected chi connectivity index (χ3v) is 4.98. The van der Waals surface area contributed by atoms with E-state index in [-0.39, 0.29) is 12.2 Å². The van der Waals surface area contributed by atoms with Crippen LogP contribution in [0.1, 0.15) is 11.1 Å². The quantitative estimate of drug-likeness (QED) is 0.523. The van der Waals surface area contributed by atoms with Crippen molar-refractivity contribution < 1.29 is 4.74 Å². The highest BCUT2D eigenvalue weighted by molar-refractivity contribution is 9.10. The van der Waals surface area contributed by atoms with Crippen LogP contribution in [-0.2, 0) is 13.2 Å². The van der Waals surface area contributed by atoms with E-state index in [0.29, 0.717) is 26.8 Å². The Kier molecular flexibility index (Phi) is 5.84. The number of aromatic nitrogens is 1.